The fraction of sp³-hybridized carbons (Fsp3) is 0.269. The van der Waals surface area contributed by atoms with E-state index in [0.29, 0.717) is 0 Å². The van der Waals surface area contributed by atoms with Gasteiger partial charge in [-0.25, -0.2) is 8.42 Å². The zero-order valence-corrected chi connectivity index (χ0v) is 20.7. The first-order valence-electron chi connectivity index (χ1n) is 11.2. The van der Waals surface area contributed by atoms with Gasteiger partial charge in [0, 0.05) is 32.0 Å². The number of sulfonamides is 1. The Morgan fingerprint density at radius 1 is 0.886 bits per heavy atom. The van der Waals surface area contributed by atoms with E-state index in [1.54, 1.807) is 37.5 Å². The lowest BCUT2D eigenvalue weighted by molar-refractivity contribution is -0.140. The van der Waals surface area contributed by atoms with Crippen molar-refractivity contribution in [1.82, 2.24) is 19.5 Å². The molecular weight excluding hydrogens is 464 g/mol. The van der Waals surface area contributed by atoms with Crippen LogP contribution in [0.3, 0.4) is 0 Å². The topological polar surface area (TPSA) is 99.7 Å². The van der Waals surface area contributed by atoms with Crippen molar-refractivity contribution >= 4 is 21.8 Å². The van der Waals surface area contributed by atoms with Crippen LogP contribution in [0.1, 0.15) is 23.6 Å². The molecule has 35 heavy (non-hydrogen) atoms. The lowest BCUT2D eigenvalue weighted by atomic mass is 10.1. The van der Waals surface area contributed by atoms with Gasteiger partial charge in [-0.2, -0.15) is 4.31 Å². The minimum Gasteiger partial charge on any atom is -0.350 e. The van der Waals surface area contributed by atoms with Gasteiger partial charge in [0.1, 0.15) is 6.04 Å². The molecule has 1 atom stereocenters. The molecule has 3 rings (SSSR count). The molecule has 2 aromatic carbocycles. The highest BCUT2D eigenvalue weighted by molar-refractivity contribution is 7.88. The molecule has 8 nitrogen and oxygen atoms in total. The Morgan fingerprint density at radius 2 is 1.46 bits per heavy atom. The van der Waals surface area contributed by atoms with Crippen molar-refractivity contribution in [3.63, 3.8) is 0 Å². The number of nitrogens with one attached hydrogen (secondary N) is 1. The van der Waals surface area contributed by atoms with Gasteiger partial charge < -0.3 is 10.2 Å². The van der Waals surface area contributed by atoms with E-state index in [2.05, 4.69) is 10.3 Å². The summed E-state index contributed by atoms with van der Waals surface area (Å²) in [6.07, 6.45) is 4.39. The summed E-state index contributed by atoms with van der Waals surface area (Å²) in [5.41, 5.74) is 2.43. The number of hydrogen-bond acceptors (Lipinski definition) is 5. The quantitative estimate of drug-likeness (QED) is 0.442. The highest BCUT2D eigenvalue weighted by Crippen LogP contribution is 2.14. The molecule has 0 aliphatic rings. The first kappa shape index (κ1) is 26.1. The molecular formula is C26H30N4O4S. The normalized spacial score (nSPS) is 12.2. The van der Waals surface area contributed by atoms with E-state index in [1.165, 1.54) is 4.90 Å². The number of aromatic nitrogens is 1. The molecule has 184 valence electrons. The first-order chi connectivity index (χ1) is 16.7. The predicted molar refractivity (Wildman–Crippen MR) is 134 cm³/mol. The van der Waals surface area contributed by atoms with Crippen molar-refractivity contribution in [3.05, 3.63) is 102 Å². The van der Waals surface area contributed by atoms with Crippen LogP contribution >= 0.6 is 0 Å². The lowest BCUT2D eigenvalue weighted by Crippen LogP contribution is -2.50. The number of rotatable bonds is 11. The molecule has 0 aliphatic carbocycles. The Morgan fingerprint density at radius 3 is 2.00 bits per heavy atom. The fourth-order valence-corrected chi connectivity index (χ4v) is 4.25. The molecule has 1 aromatic heterocycles. The number of amides is 2. The molecule has 0 saturated heterocycles. The van der Waals surface area contributed by atoms with Crippen molar-refractivity contribution in [2.24, 2.45) is 0 Å². The van der Waals surface area contributed by atoms with E-state index in [1.807, 2.05) is 54.6 Å². The number of pyridine rings is 1. The van der Waals surface area contributed by atoms with Gasteiger partial charge in [-0.1, -0.05) is 66.7 Å². The van der Waals surface area contributed by atoms with E-state index >= 15 is 0 Å². The molecule has 0 saturated carbocycles. The minimum absolute atomic E-state index is 0.0617. The third-order valence-corrected chi connectivity index (χ3v) is 6.73. The molecule has 2 amide bonds. The van der Waals surface area contributed by atoms with Gasteiger partial charge in [-0.15, -0.1) is 0 Å². The molecule has 0 aliphatic heterocycles. The summed E-state index contributed by atoms with van der Waals surface area (Å²) in [7, 11) is -3.68. The van der Waals surface area contributed by atoms with Crippen LogP contribution in [0.15, 0.2) is 85.2 Å². The van der Waals surface area contributed by atoms with E-state index < -0.39 is 22.0 Å². The standard InChI is InChI=1S/C26H30N4O4S/c1-21(26(32)28-17-24-14-9-15-27-16-24)30(19-23-12-7-4-8-13-23)25(31)20-29(35(2,33)34)18-22-10-5-3-6-11-22/h3-16,21H,17-20H2,1-2H3,(H,28,32)/t21-/m0/s1. The minimum atomic E-state index is -3.68. The van der Waals surface area contributed by atoms with Crippen LogP contribution in [0.2, 0.25) is 0 Å². The fourth-order valence-electron chi connectivity index (χ4n) is 3.52. The maximum absolute atomic E-state index is 13.4. The van der Waals surface area contributed by atoms with Crippen LogP contribution in [-0.4, -0.2) is 53.3 Å². The number of nitrogens with zero attached hydrogens (tertiary/aromatic N) is 3. The van der Waals surface area contributed by atoms with E-state index in [-0.39, 0.29) is 32.1 Å². The molecule has 0 unspecified atom stereocenters. The van der Waals surface area contributed by atoms with Crippen LogP contribution in [0.25, 0.3) is 0 Å². The highest BCUT2D eigenvalue weighted by atomic mass is 32.2. The zero-order valence-electron chi connectivity index (χ0n) is 19.9. The van der Waals surface area contributed by atoms with Crippen LogP contribution in [0.5, 0.6) is 0 Å². The summed E-state index contributed by atoms with van der Waals surface area (Å²) in [5.74, 6) is -0.800. The molecule has 1 N–H and O–H groups in total. The first-order valence-corrected chi connectivity index (χ1v) is 13.1. The largest absolute Gasteiger partial charge is 0.350 e. The van der Waals surface area contributed by atoms with Crippen molar-refractivity contribution < 1.29 is 18.0 Å². The summed E-state index contributed by atoms with van der Waals surface area (Å²) < 4.78 is 26.1. The van der Waals surface area contributed by atoms with Gasteiger partial charge in [0.2, 0.25) is 21.8 Å². The van der Waals surface area contributed by atoms with Crippen molar-refractivity contribution in [2.45, 2.75) is 32.6 Å². The van der Waals surface area contributed by atoms with Gasteiger partial charge in [0.05, 0.1) is 12.8 Å². The van der Waals surface area contributed by atoms with Crippen LogP contribution < -0.4 is 5.32 Å². The second kappa shape index (κ2) is 12.2. The molecule has 9 heteroatoms. The second-order valence-electron chi connectivity index (χ2n) is 8.28. The van der Waals surface area contributed by atoms with Crippen LogP contribution in [0, 0.1) is 0 Å². The Labute approximate surface area is 206 Å². The zero-order chi connectivity index (χ0) is 25.3. The molecule has 0 radical (unpaired) electrons. The van der Waals surface area contributed by atoms with Gasteiger partial charge >= 0.3 is 0 Å². The lowest BCUT2D eigenvalue weighted by Gasteiger charge is -2.31. The maximum atomic E-state index is 13.4. The Hall–Kier alpha value is -3.56. The number of benzene rings is 2. The average molecular weight is 495 g/mol. The van der Waals surface area contributed by atoms with Crippen LogP contribution in [0.4, 0.5) is 0 Å². The summed E-state index contributed by atoms with van der Waals surface area (Å²) >= 11 is 0. The van der Waals surface area contributed by atoms with Crippen LogP contribution in [-0.2, 0) is 39.2 Å². The van der Waals surface area contributed by atoms with E-state index in [0.717, 1.165) is 27.3 Å². The maximum Gasteiger partial charge on any atom is 0.242 e. The summed E-state index contributed by atoms with van der Waals surface area (Å²) in [6.45, 7) is 1.77. The second-order valence-corrected chi connectivity index (χ2v) is 10.3. The van der Waals surface area contributed by atoms with Gasteiger partial charge in [0.15, 0.2) is 0 Å². The Bertz CT molecular complexity index is 1210. The Balaban J connectivity index is 1.78. The third-order valence-electron chi connectivity index (χ3n) is 5.53. The average Bonchev–Trinajstić information content (AvgIpc) is 2.86. The predicted octanol–water partition coefficient (Wildman–Crippen LogP) is 2.58. The summed E-state index contributed by atoms with van der Waals surface area (Å²) in [4.78, 5) is 31.9. The summed E-state index contributed by atoms with van der Waals surface area (Å²) in [6, 6.07) is 21.2. The third kappa shape index (κ3) is 8.01. The molecule has 0 spiro atoms. The smallest absolute Gasteiger partial charge is 0.242 e. The molecule has 1 heterocycles. The number of carbonyl (C=O) groups is 2. The van der Waals surface area contributed by atoms with Gasteiger partial charge in [-0.05, 0) is 29.7 Å². The number of carbonyl (C=O) groups excluding carboxylic acids is 2. The Kier molecular flexibility index (Phi) is 9.11. The van der Waals surface area contributed by atoms with Crippen molar-refractivity contribution in [2.75, 3.05) is 12.8 Å². The monoisotopic (exact) mass is 494 g/mol. The van der Waals surface area contributed by atoms with E-state index in [9.17, 15) is 18.0 Å². The molecule has 0 fully saturated rings. The number of hydrogen-bond donors (Lipinski definition) is 1. The molecule has 0 bridgehead atoms. The summed E-state index contributed by atoms with van der Waals surface area (Å²) in [5, 5.41) is 2.84. The van der Waals surface area contributed by atoms with Crippen molar-refractivity contribution in [1.29, 1.82) is 0 Å². The van der Waals surface area contributed by atoms with E-state index in [4.69, 9.17) is 0 Å². The van der Waals surface area contributed by atoms with Gasteiger partial charge in [-0.3, -0.25) is 14.6 Å². The van der Waals surface area contributed by atoms with Gasteiger partial charge in [0.25, 0.3) is 0 Å². The SMILES string of the molecule is C[C@@H](C(=O)NCc1cccnc1)N(Cc1ccccc1)C(=O)CN(Cc1ccccc1)S(C)(=O)=O. The molecule has 3 aromatic rings. The highest BCUT2D eigenvalue weighted by Gasteiger charge is 2.29. The van der Waals surface area contributed by atoms with Crippen molar-refractivity contribution in [3.8, 4) is 0 Å².